The molecule has 1 fully saturated rings. The number of esters is 2. The molecule has 0 bridgehead atoms. The molecule has 1 saturated carbocycles. The van der Waals surface area contributed by atoms with E-state index in [1.165, 1.54) is 0 Å². The molecule has 1 aliphatic rings. The molecule has 186 valence electrons. The van der Waals surface area contributed by atoms with E-state index in [-0.39, 0.29) is 25.7 Å². The van der Waals surface area contributed by atoms with Gasteiger partial charge in [0.05, 0.1) is 5.92 Å². The van der Waals surface area contributed by atoms with Crippen molar-refractivity contribution in [3.8, 4) is 0 Å². The summed E-state index contributed by atoms with van der Waals surface area (Å²) in [6.07, 6.45) is -2.65. The summed E-state index contributed by atoms with van der Waals surface area (Å²) >= 11 is 0. The highest BCUT2D eigenvalue weighted by atomic mass is 32.3. The molecular formula is C16H20F6O8S2. The van der Waals surface area contributed by atoms with E-state index in [9.17, 15) is 52.8 Å². The predicted molar refractivity (Wildman–Crippen MR) is 95.9 cm³/mol. The number of ether oxygens (including phenoxy) is 2. The van der Waals surface area contributed by atoms with Crippen molar-refractivity contribution in [1.29, 1.82) is 0 Å². The Kier molecular flexibility index (Phi) is 8.78. The van der Waals surface area contributed by atoms with Crippen LogP contribution in [-0.4, -0.2) is 56.6 Å². The van der Waals surface area contributed by atoms with Crippen molar-refractivity contribution >= 4 is 31.6 Å². The summed E-state index contributed by atoms with van der Waals surface area (Å²) in [5.74, 6) is -2.60. The third kappa shape index (κ3) is 6.59. The fourth-order valence-corrected chi connectivity index (χ4v) is 6.59. The summed E-state index contributed by atoms with van der Waals surface area (Å²) in [5.41, 5.74) is -12.6. The summed E-state index contributed by atoms with van der Waals surface area (Å²) in [6.45, 7) is 3.99. The largest absolute Gasteiger partial charge is 0.498 e. The molecule has 0 aromatic rings. The zero-order chi connectivity index (χ0) is 25.1. The molecule has 1 rings (SSSR count). The number of sulfone groups is 2. The van der Waals surface area contributed by atoms with Crippen LogP contribution in [0, 0.1) is 5.92 Å². The van der Waals surface area contributed by atoms with Gasteiger partial charge < -0.3 is 9.47 Å². The molecule has 0 aromatic carbocycles. The fourth-order valence-electron chi connectivity index (χ4n) is 2.96. The molecule has 16 heteroatoms. The van der Waals surface area contributed by atoms with E-state index in [1.54, 1.807) is 0 Å². The van der Waals surface area contributed by atoms with E-state index >= 15 is 0 Å². The molecule has 0 saturated heterocycles. The third-order valence-corrected chi connectivity index (χ3v) is 9.22. The average molecular weight is 518 g/mol. The van der Waals surface area contributed by atoms with Gasteiger partial charge in [-0.15, -0.1) is 0 Å². The van der Waals surface area contributed by atoms with Gasteiger partial charge in [-0.2, -0.15) is 26.3 Å². The van der Waals surface area contributed by atoms with Gasteiger partial charge in [-0.05, 0) is 32.6 Å². The quantitative estimate of drug-likeness (QED) is 0.273. The minimum Gasteiger partial charge on any atom is -0.462 e. The van der Waals surface area contributed by atoms with Crippen LogP contribution in [0.1, 0.15) is 39.0 Å². The van der Waals surface area contributed by atoms with Crippen molar-refractivity contribution in [2.24, 2.45) is 5.92 Å². The maximum atomic E-state index is 12.8. The summed E-state index contributed by atoms with van der Waals surface area (Å²) < 4.78 is 129. The van der Waals surface area contributed by atoms with Gasteiger partial charge in [0.25, 0.3) is 19.7 Å². The first-order valence-corrected chi connectivity index (χ1v) is 12.1. The summed E-state index contributed by atoms with van der Waals surface area (Å²) in [5, 5.41) is 0. The molecular weight excluding hydrogens is 498 g/mol. The van der Waals surface area contributed by atoms with Crippen molar-refractivity contribution < 1.29 is 62.2 Å². The van der Waals surface area contributed by atoms with Crippen LogP contribution in [0.4, 0.5) is 26.3 Å². The Morgan fingerprint density at radius 2 is 1.41 bits per heavy atom. The van der Waals surface area contributed by atoms with Gasteiger partial charge in [0.2, 0.25) is 0 Å². The van der Waals surface area contributed by atoms with Gasteiger partial charge >= 0.3 is 23.0 Å². The van der Waals surface area contributed by atoms with E-state index < -0.39 is 71.8 Å². The van der Waals surface area contributed by atoms with Crippen molar-refractivity contribution in [2.75, 3.05) is 0 Å². The Bertz CT molecular complexity index is 871. The van der Waals surface area contributed by atoms with E-state index in [1.807, 2.05) is 0 Å². The monoisotopic (exact) mass is 518 g/mol. The standard InChI is InChI=1S/C16H20F6O8S2/c1-3-12(23)30-11-6-4-10(5-7-11)14(24)29-9(2)8-13(31(25,26)15(17,18)19)32(27,28)16(20,21)22/h3,9-11,13H,1,4-8H2,2H3. The van der Waals surface area contributed by atoms with Crippen LogP contribution in [0.3, 0.4) is 0 Å². The first-order chi connectivity index (χ1) is 14.3. The molecule has 1 atom stereocenters. The molecule has 1 unspecified atom stereocenters. The zero-order valence-corrected chi connectivity index (χ0v) is 18.1. The number of hydrogen-bond donors (Lipinski definition) is 0. The number of carbonyl (C=O) groups excluding carboxylic acids is 2. The highest BCUT2D eigenvalue weighted by Crippen LogP contribution is 2.38. The van der Waals surface area contributed by atoms with Gasteiger partial charge in [-0.1, -0.05) is 6.58 Å². The molecule has 0 heterocycles. The van der Waals surface area contributed by atoms with E-state index in [0.29, 0.717) is 0 Å². The van der Waals surface area contributed by atoms with Crippen molar-refractivity contribution in [1.82, 2.24) is 0 Å². The third-order valence-electron chi connectivity index (χ3n) is 4.64. The second kappa shape index (κ2) is 9.97. The lowest BCUT2D eigenvalue weighted by Crippen LogP contribution is -2.46. The van der Waals surface area contributed by atoms with Crippen LogP contribution in [0.25, 0.3) is 0 Å². The maximum Gasteiger partial charge on any atom is 0.498 e. The second-order valence-electron chi connectivity index (χ2n) is 7.01. The highest BCUT2D eigenvalue weighted by molar-refractivity contribution is 8.09. The Morgan fingerprint density at radius 1 is 0.969 bits per heavy atom. The normalized spacial score (nSPS) is 21.6. The van der Waals surface area contributed by atoms with Gasteiger partial charge in [0.15, 0.2) is 4.58 Å². The first-order valence-electron chi connectivity index (χ1n) is 8.98. The van der Waals surface area contributed by atoms with Crippen LogP contribution in [-0.2, 0) is 38.7 Å². The first kappa shape index (κ1) is 28.2. The Hall–Kier alpha value is -1.84. The number of hydrogen-bond acceptors (Lipinski definition) is 8. The fraction of sp³-hybridized carbons (Fsp3) is 0.750. The smallest absolute Gasteiger partial charge is 0.462 e. The number of halogens is 6. The van der Waals surface area contributed by atoms with Crippen molar-refractivity contribution in [3.63, 3.8) is 0 Å². The molecule has 0 N–H and O–H groups in total. The topological polar surface area (TPSA) is 121 Å². The van der Waals surface area contributed by atoms with Crippen LogP contribution >= 0.6 is 0 Å². The zero-order valence-electron chi connectivity index (χ0n) is 16.5. The minimum absolute atomic E-state index is 0.103. The van der Waals surface area contributed by atoms with E-state index in [2.05, 4.69) is 6.58 Å². The Labute approximate surface area is 179 Å². The van der Waals surface area contributed by atoms with Crippen LogP contribution < -0.4 is 0 Å². The van der Waals surface area contributed by atoms with E-state index in [0.717, 1.165) is 13.0 Å². The van der Waals surface area contributed by atoms with E-state index in [4.69, 9.17) is 9.47 Å². The van der Waals surface area contributed by atoms with Gasteiger partial charge in [-0.3, -0.25) is 4.79 Å². The van der Waals surface area contributed by atoms with Crippen LogP contribution in [0.2, 0.25) is 0 Å². The molecule has 0 radical (unpaired) electrons. The van der Waals surface area contributed by atoms with Gasteiger partial charge in [-0.25, -0.2) is 21.6 Å². The second-order valence-corrected chi connectivity index (χ2v) is 11.6. The summed E-state index contributed by atoms with van der Waals surface area (Å²) in [6, 6.07) is 0. The van der Waals surface area contributed by atoms with Crippen molar-refractivity contribution in [3.05, 3.63) is 12.7 Å². The lowest BCUT2D eigenvalue weighted by Gasteiger charge is -2.28. The molecule has 0 aromatic heterocycles. The SMILES string of the molecule is C=CC(=O)OC1CCC(C(=O)OC(C)CC(S(=O)(=O)C(F)(F)F)S(=O)(=O)C(F)(F)F)CC1. The highest BCUT2D eigenvalue weighted by Gasteiger charge is 2.63. The molecule has 8 nitrogen and oxygen atoms in total. The number of rotatable bonds is 8. The number of alkyl halides is 6. The molecule has 0 spiro atoms. The molecule has 0 aliphatic heterocycles. The Morgan fingerprint density at radius 3 is 1.78 bits per heavy atom. The predicted octanol–water partition coefficient (Wildman–Crippen LogP) is 2.79. The molecule has 1 aliphatic carbocycles. The van der Waals surface area contributed by atoms with Gasteiger partial charge in [0, 0.05) is 12.5 Å². The molecule has 0 amide bonds. The minimum atomic E-state index is -6.81. The lowest BCUT2D eigenvalue weighted by atomic mass is 9.87. The number of carbonyl (C=O) groups is 2. The van der Waals surface area contributed by atoms with Crippen molar-refractivity contribution in [2.45, 2.75) is 66.8 Å². The molecule has 32 heavy (non-hydrogen) atoms. The van der Waals surface area contributed by atoms with Crippen LogP contribution in [0.15, 0.2) is 12.7 Å². The Balaban J connectivity index is 2.92. The maximum absolute atomic E-state index is 12.8. The summed E-state index contributed by atoms with van der Waals surface area (Å²) in [7, 11) is -13.6. The summed E-state index contributed by atoms with van der Waals surface area (Å²) in [4.78, 5) is 23.3. The lowest BCUT2D eigenvalue weighted by molar-refractivity contribution is -0.156. The average Bonchev–Trinajstić information content (AvgIpc) is 2.64. The van der Waals surface area contributed by atoms with Crippen LogP contribution in [0.5, 0.6) is 0 Å². The van der Waals surface area contributed by atoms with Gasteiger partial charge in [0.1, 0.15) is 12.2 Å².